The van der Waals surface area contributed by atoms with E-state index in [1.165, 1.54) is 11.0 Å². The number of carbonyl (C=O) groups is 1. The van der Waals surface area contributed by atoms with Gasteiger partial charge in [-0.1, -0.05) is 17.7 Å². The third kappa shape index (κ3) is 2.71. The van der Waals surface area contributed by atoms with Gasteiger partial charge >= 0.3 is 6.18 Å². The molecule has 28 heavy (non-hydrogen) atoms. The molecule has 1 spiro atoms. The molecule has 0 N–H and O–H groups in total. The normalized spacial score (nSPS) is 18.3. The molecule has 0 atom stereocenters. The molecule has 144 valence electrons. The van der Waals surface area contributed by atoms with Crippen molar-refractivity contribution in [1.29, 1.82) is 5.26 Å². The maximum absolute atomic E-state index is 13.3. The number of amides is 1. The molecule has 1 amide bonds. The summed E-state index contributed by atoms with van der Waals surface area (Å²) in [7, 11) is 0. The van der Waals surface area contributed by atoms with E-state index in [9.17, 15) is 18.0 Å². The zero-order valence-corrected chi connectivity index (χ0v) is 15.3. The monoisotopic (exact) mass is 385 g/mol. The number of rotatable bonds is 2. The summed E-state index contributed by atoms with van der Waals surface area (Å²) in [5.41, 5.74) is -0.0196. The molecule has 2 aromatic carbocycles. The number of aryl methyl sites for hydroxylation is 1. The van der Waals surface area contributed by atoms with E-state index in [2.05, 4.69) is 0 Å². The Morgan fingerprint density at radius 1 is 1.07 bits per heavy atom. The summed E-state index contributed by atoms with van der Waals surface area (Å²) >= 11 is 0. The van der Waals surface area contributed by atoms with Crippen LogP contribution in [0.4, 0.5) is 24.5 Å². The van der Waals surface area contributed by atoms with Gasteiger partial charge in [0.25, 0.3) is 5.91 Å². The number of nitrogens with zero attached hydrogens (tertiary/aromatic N) is 3. The summed E-state index contributed by atoms with van der Waals surface area (Å²) < 4.78 is 40.0. The number of halogens is 3. The van der Waals surface area contributed by atoms with Crippen molar-refractivity contribution in [1.82, 2.24) is 0 Å². The van der Waals surface area contributed by atoms with Crippen LogP contribution < -0.4 is 9.80 Å². The fraction of sp³-hybridized carbons (Fsp3) is 0.333. The average Bonchev–Trinajstić information content (AvgIpc) is 2.94. The van der Waals surface area contributed by atoms with Gasteiger partial charge in [-0.2, -0.15) is 18.4 Å². The first-order chi connectivity index (χ1) is 13.3. The van der Waals surface area contributed by atoms with E-state index in [4.69, 9.17) is 5.26 Å². The third-order valence-corrected chi connectivity index (χ3v) is 5.71. The fourth-order valence-corrected chi connectivity index (χ4v) is 3.99. The van der Waals surface area contributed by atoms with Crippen LogP contribution in [-0.4, -0.2) is 18.1 Å². The van der Waals surface area contributed by atoms with Gasteiger partial charge in [-0.25, -0.2) is 0 Å². The predicted molar refractivity (Wildman–Crippen MR) is 98.8 cm³/mol. The number of benzene rings is 2. The average molecular weight is 385 g/mol. The van der Waals surface area contributed by atoms with Crippen LogP contribution in [0.2, 0.25) is 0 Å². The van der Waals surface area contributed by atoms with Crippen LogP contribution in [0.1, 0.15) is 36.0 Å². The summed E-state index contributed by atoms with van der Waals surface area (Å²) in [5.74, 6) is -0.183. The maximum Gasteiger partial charge on any atom is 0.417 e. The summed E-state index contributed by atoms with van der Waals surface area (Å²) in [6.45, 7) is 2.16. The SMILES string of the molecule is Cc1ccc(N2CN(c3ccc(C#N)c(C(F)(F)F)c3)C(=O)C23CCC3)cc1. The smallest absolute Gasteiger partial charge is 0.339 e. The highest BCUT2D eigenvalue weighted by Gasteiger charge is 2.56. The Labute approximate surface area is 160 Å². The molecule has 0 unspecified atom stereocenters. The maximum atomic E-state index is 13.3. The van der Waals surface area contributed by atoms with Gasteiger partial charge in [0.15, 0.2) is 0 Å². The van der Waals surface area contributed by atoms with Crippen molar-refractivity contribution in [2.24, 2.45) is 0 Å². The lowest BCUT2D eigenvalue weighted by Gasteiger charge is -2.43. The first kappa shape index (κ1) is 18.4. The molecule has 4 nitrogen and oxygen atoms in total. The zero-order chi connectivity index (χ0) is 20.1. The van der Waals surface area contributed by atoms with Gasteiger partial charge in [-0.05, 0) is 56.5 Å². The molecular formula is C21H18F3N3O. The van der Waals surface area contributed by atoms with E-state index in [-0.39, 0.29) is 18.3 Å². The van der Waals surface area contributed by atoms with Crippen molar-refractivity contribution < 1.29 is 18.0 Å². The largest absolute Gasteiger partial charge is 0.417 e. The van der Waals surface area contributed by atoms with Crippen molar-refractivity contribution >= 4 is 17.3 Å². The number of hydrogen-bond acceptors (Lipinski definition) is 3. The van der Waals surface area contributed by atoms with Crippen LogP contribution in [0, 0.1) is 18.3 Å². The van der Waals surface area contributed by atoms with E-state index in [1.807, 2.05) is 36.1 Å². The highest BCUT2D eigenvalue weighted by Crippen LogP contribution is 2.47. The first-order valence-corrected chi connectivity index (χ1v) is 9.04. The first-order valence-electron chi connectivity index (χ1n) is 9.04. The van der Waals surface area contributed by atoms with Crippen LogP contribution >= 0.6 is 0 Å². The van der Waals surface area contributed by atoms with Gasteiger partial charge in [-0.3, -0.25) is 9.69 Å². The Kier molecular flexibility index (Phi) is 4.11. The minimum absolute atomic E-state index is 0.164. The van der Waals surface area contributed by atoms with Crippen LogP contribution in [0.3, 0.4) is 0 Å². The lowest BCUT2D eigenvalue weighted by atomic mass is 9.75. The Morgan fingerprint density at radius 2 is 1.71 bits per heavy atom. The fourth-order valence-electron chi connectivity index (χ4n) is 3.99. The number of carbonyl (C=O) groups excluding carboxylic acids is 1. The quantitative estimate of drug-likeness (QED) is 0.758. The van der Waals surface area contributed by atoms with Crippen LogP contribution in [0.25, 0.3) is 0 Å². The minimum atomic E-state index is -4.66. The van der Waals surface area contributed by atoms with Crippen LogP contribution in [0.15, 0.2) is 42.5 Å². The standard InChI is InChI=1S/C21H18F3N3O/c1-14-3-6-16(7-4-14)27-13-26(19(28)20(27)9-2-10-20)17-8-5-15(12-25)18(11-17)21(22,23)24/h3-8,11H,2,9-10,13H2,1H3. The highest BCUT2D eigenvalue weighted by atomic mass is 19.4. The van der Waals surface area contributed by atoms with E-state index < -0.39 is 22.8 Å². The molecule has 2 aromatic rings. The molecule has 7 heteroatoms. The number of alkyl halides is 3. The van der Waals surface area contributed by atoms with Gasteiger partial charge < -0.3 is 4.90 Å². The molecule has 1 saturated heterocycles. The Balaban J connectivity index is 1.75. The van der Waals surface area contributed by atoms with Gasteiger partial charge in [0.2, 0.25) is 0 Å². The van der Waals surface area contributed by atoms with Crippen molar-refractivity contribution in [3.8, 4) is 6.07 Å². The molecule has 1 aliphatic heterocycles. The Morgan fingerprint density at radius 3 is 2.25 bits per heavy atom. The van der Waals surface area contributed by atoms with E-state index >= 15 is 0 Å². The third-order valence-electron chi connectivity index (χ3n) is 5.71. The van der Waals surface area contributed by atoms with E-state index in [0.29, 0.717) is 12.8 Å². The van der Waals surface area contributed by atoms with Gasteiger partial charge in [0.1, 0.15) is 5.54 Å². The lowest BCUT2D eigenvalue weighted by Crippen LogP contribution is -2.54. The molecular weight excluding hydrogens is 367 g/mol. The Hall–Kier alpha value is -3.01. The second-order valence-electron chi connectivity index (χ2n) is 7.36. The second kappa shape index (κ2) is 6.26. The van der Waals surface area contributed by atoms with Crippen LogP contribution in [-0.2, 0) is 11.0 Å². The Bertz CT molecular complexity index is 972. The van der Waals surface area contributed by atoms with Gasteiger partial charge in [0, 0.05) is 11.4 Å². The topological polar surface area (TPSA) is 47.3 Å². The van der Waals surface area contributed by atoms with Crippen LogP contribution in [0.5, 0.6) is 0 Å². The number of nitriles is 1. The van der Waals surface area contributed by atoms with Crippen molar-refractivity contribution in [2.45, 2.75) is 37.9 Å². The molecule has 0 radical (unpaired) electrons. The molecule has 1 saturated carbocycles. The van der Waals surface area contributed by atoms with Crippen molar-refractivity contribution in [3.05, 3.63) is 59.2 Å². The second-order valence-corrected chi connectivity index (χ2v) is 7.36. The summed E-state index contributed by atoms with van der Waals surface area (Å²) in [4.78, 5) is 16.6. The highest BCUT2D eigenvalue weighted by molar-refractivity contribution is 6.06. The zero-order valence-electron chi connectivity index (χ0n) is 15.3. The predicted octanol–water partition coefficient (Wildman–Crippen LogP) is 4.62. The summed E-state index contributed by atoms with van der Waals surface area (Å²) in [6.07, 6.45) is -2.39. The molecule has 0 aromatic heterocycles. The van der Waals surface area contributed by atoms with Crippen molar-refractivity contribution in [3.63, 3.8) is 0 Å². The van der Waals surface area contributed by atoms with Gasteiger partial charge in [-0.15, -0.1) is 0 Å². The summed E-state index contributed by atoms with van der Waals surface area (Å²) in [5, 5.41) is 8.99. The molecule has 4 rings (SSSR count). The molecule has 1 heterocycles. The van der Waals surface area contributed by atoms with E-state index in [0.717, 1.165) is 29.8 Å². The molecule has 1 aliphatic carbocycles. The molecule has 0 bridgehead atoms. The lowest BCUT2D eigenvalue weighted by molar-refractivity contribution is -0.137. The van der Waals surface area contributed by atoms with Crippen molar-refractivity contribution in [2.75, 3.05) is 16.5 Å². The minimum Gasteiger partial charge on any atom is -0.339 e. The molecule has 2 aliphatic rings. The number of anilines is 2. The summed E-state index contributed by atoms with van der Waals surface area (Å²) in [6, 6.07) is 12.8. The van der Waals surface area contributed by atoms with Gasteiger partial charge in [0.05, 0.1) is 23.9 Å². The van der Waals surface area contributed by atoms with E-state index in [1.54, 1.807) is 6.07 Å². The molecule has 2 fully saturated rings. The number of hydrogen-bond donors (Lipinski definition) is 0.